The molecular formula is C13H16ClNO. The van der Waals surface area contributed by atoms with Gasteiger partial charge >= 0.3 is 0 Å². The second-order valence-electron chi connectivity index (χ2n) is 4.06. The lowest BCUT2D eigenvalue weighted by Crippen LogP contribution is -2.14. The summed E-state index contributed by atoms with van der Waals surface area (Å²) in [4.78, 5) is 0. The van der Waals surface area contributed by atoms with Crippen LogP contribution in [0.1, 0.15) is 30.7 Å². The van der Waals surface area contributed by atoms with E-state index in [0.717, 1.165) is 28.7 Å². The van der Waals surface area contributed by atoms with Crippen molar-refractivity contribution in [2.45, 2.75) is 26.3 Å². The summed E-state index contributed by atoms with van der Waals surface area (Å²) in [5.74, 6) is 0.951. The fraction of sp³-hybridized carbons (Fsp3) is 0.385. The highest BCUT2D eigenvalue weighted by molar-refractivity contribution is 6.34. The number of nitrogens with one attached hydrogen (secondary N) is 1. The first-order valence-electron chi connectivity index (χ1n) is 5.52. The average molecular weight is 238 g/mol. The summed E-state index contributed by atoms with van der Waals surface area (Å²) in [6.07, 6.45) is 0.993. The van der Waals surface area contributed by atoms with E-state index in [-0.39, 0.29) is 6.04 Å². The van der Waals surface area contributed by atoms with Crippen LogP contribution in [0.15, 0.2) is 22.6 Å². The summed E-state index contributed by atoms with van der Waals surface area (Å²) >= 11 is 6.15. The molecule has 2 nitrogen and oxygen atoms in total. The summed E-state index contributed by atoms with van der Waals surface area (Å²) in [6, 6.07) is 6.34. The Bertz CT molecular complexity index is 500. The van der Waals surface area contributed by atoms with E-state index in [4.69, 9.17) is 16.0 Å². The molecule has 1 heterocycles. The van der Waals surface area contributed by atoms with Gasteiger partial charge in [0.15, 0.2) is 5.58 Å². The van der Waals surface area contributed by atoms with Crippen LogP contribution in [0.5, 0.6) is 0 Å². The first kappa shape index (κ1) is 11.5. The fourth-order valence-corrected chi connectivity index (χ4v) is 2.31. The van der Waals surface area contributed by atoms with Gasteiger partial charge in [0.2, 0.25) is 0 Å². The van der Waals surface area contributed by atoms with E-state index in [1.165, 1.54) is 0 Å². The molecule has 1 atom stereocenters. The lowest BCUT2D eigenvalue weighted by Gasteiger charge is -2.09. The van der Waals surface area contributed by atoms with Crippen LogP contribution in [-0.4, -0.2) is 7.05 Å². The van der Waals surface area contributed by atoms with Gasteiger partial charge in [-0.3, -0.25) is 0 Å². The fourth-order valence-electron chi connectivity index (χ4n) is 1.99. The van der Waals surface area contributed by atoms with E-state index >= 15 is 0 Å². The molecule has 16 heavy (non-hydrogen) atoms. The molecule has 1 aromatic carbocycles. The van der Waals surface area contributed by atoms with Crippen LogP contribution < -0.4 is 5.32 Å². The molecule has 1 unspecified atom stereocenters. The number of benzene rings is 1. The lowest BCUT2D eigenvalue weighted by molar-refractivity contribution is 0.444. The Morgan fingerprint density at radius 2 is 2.12 bits per heavy atom. The molecule has 0 saturated heterocycles. The number of furan rings is 1. The van der Waals surface area contributed by atoms with Crippen LogP contribution in [0.4, 0.5) is 0 Å². The summed E-state index contributed by atoms with van der Waals surface area (Å²) in [7, 11) is 1.94. The molecule has 0 amide bonds. The maximum Gasteiger partial charge on any atom is 0.152 e. The molecule has 3 heteroatoms. The highest BCUT2D eigenvalue weighted by Gasteiger charge is 2.14. The van der Waals surface area contributed by atoms with Crippen LogP contribution in [0.3, 0.4) is 0 Å². The van der Waals surface area contributed by atoms with Crippen LogP contribution >= 0.6 is 11.6 Å². The van der Waals surface area contributed by atoms with Crippen LogP contribution in [0, 0.1) is 6.92 Å². The van der Waals surface area contributed by atoms with Gasteiger partial charge in [0.25, 0.3) is 0 Å². The predicted molar refractivity (Wildman–Crippen MR) is 68.1 cm³/mol. The highest BCUT2D eigenvalue weighted by Crippen LogP contribution is 2.31. The van der Waals surface area contributed by atoms with Crippen molar-refractivity contribution in [2.24, 2.45) is 0 Å². The second-order valence-corrected chi connectivity index (χ2v) is 4.47. The van der Waals surface area contributed by atoms with Gasteiger partial charge in [-0.05, 0) is 44.2 Å². The van der Waals surface area contributed by atoms with E-state index in [2.05, 4.69) is 24.4 Å². The summed E-state index contributed by atoms with van der Waals surface area (Å²) in [5.41, 5.74) is 1.94. The standard InChI is InChI=1S/C13H16ClNO/c1-4-11(15-3)12-7-9-5-8(2)6-10(14)13(9)16-12/h5-7,11,15H,4H2,1-3H3. The molecule has 2 aromatic rings. The molecule has 0 bridgehead atoms. The molecule has 0 saturated carbocycles. The van der Waals surface area contributed by atoms with Crippen molar-refractivity contribution in [3.63, 3.8) is 0 Å². The largest absolute Gasteiger partial charge is 0.458 e. The Morgan fingerprint density at radius 3 is 2.75 bits per heavy atom. The number of fused-ring (bicyclic) bond motifs is 1. The maximum absolute atomic E-state index is 6.15. The zero-order valence-corrected chi connectivity index (χ0v) is 10.6. The molecule has 2 rings (SSSR count). The quantitative estimate of drug-likeness (QED) is 0.871. The van der Waals surface area contributed by atoms with Gasteiger partial charge in [0.1, 0.15) is 5.76 Å². The second kappa shape index (κ2) is 4.48. The van der Waals surface area contributed by atoms with E-state index in [1.807, 2.05) is 20.0 Å². The Hall–Kier alpha value is -0.990. The maximum atomic E-state index is 6.15. The van der Waals surface area contributed by atoms with E-state index in [0.29, 0.717) is 5.02 Å². The first-order valence-corrected chi connectivity index (χ1v) is 5.90. The number of rotatable bonds is 3. The smallest absolute Gasteiger partial charge is 0.152 e. The van der Waals surface area contributed by atoms with Gasteiger partial charge in [-0.25, -0.2) is 0 Å². The minimum atomic E-state index is 0.253. The van der Waals surface area contributed by atoms with Crippen LogP contribution in [0.25, 0.3) is 11.0 Å². The monoisotopic (exact) mass is 237 g/mol. The lowest BCUT2D eigenvalue weighted by atomic mass is 10.1. The molecule has 0 radical (unpaired) electrons. The van der Waals surface area contributed by atoms with E-state index in [1.54, 1.807) is 0 Å². The summed E-state index contributed by atoms with van der Waals surface area (Å²) in [5, 5.41) is 4.99. The summed E-state index contributed by atoms with van der Waals surface area (Å²) in [6.45, 7) is 4.16. The molecule has 0 aliphatic rings. The van der Waals surface area contributed by atoms with Gasteiger partial charge in [0, 0.05) is 5.39 Å². The Kier molecular flexibility index (Phi) is 3.22. The van der Waals surface area contributed by atoms with Gasteiger partial charge < -0.3 is 9.73 Å². The first-order chi connectivity index (χ1) is 7.65. The summed E-state index contributed by atoms with van der Waals surface area (Å²) < 4.78 is 5.80. The number of aryl methyl sites for hydroxylation is 1. The SMILES string of the molecule is CCC(NC)c1cc2cc(C)cc(Cl)c2o1. The van der Waals surface area contributed by atoms with Crippen molar-refractivity contribution < 1.29 is 4.42 Å². The van der Waals surface area contributed by atoms with Crippen molar-refractivity contribution in [1.82, 2.24) is 5.32 Å². The van der Waals surface area contributed by atoms with Gasteiger partial charge in [0.05, 0.1) is 11.1 Å². The van der Waals surface area contributed by atoms with E-state index in [9.17, 15) is 0 Å². The molecule has 86 valence electrons. The molecule has 1 N–H and O–H groups in total. The van der Waals surface area contributed by atoms with Crippen molar-refractivity contribution in [3.8, 4) is 0 Å². The molecule has 0 aliphatic heterocycles. The molecule has 0 fully saturated rings. The third kappa shape index (κ3) is 1.95. The molecule has 0 spiro atoms. The van der Waals surface area contributed by atoms with E-state index < -0.39 is 0 Å². The highest BCUT2D eigenvalue weighted by atomic mass is 35.5. The third-order valence-corrected chi connectivity index (χ3v) is 3.12. The Labute approximate surface area is 101 Å². The van der Waals surface area contributed by atoms with Gasteiger partial charge in [-0.2, -0.15) is 0 Å². The number of hydrogen-bond acceptors (Lipinski definition) is 2. The minimum Gasteiger partial charge on any atom is -0.458 e. The van der Waals surface area contributed by atoms with Gasteiger partial charge in [-0.15, -0.1) is 0 Å². The van der Waals surface area contributed by atoms with Crippen molar-refractivity contribution >= 4 is 22.6 Å². The van der Waals surface area contributed by atoms with Crippen LogP contribution in [-0.2, 0) is 0 Å². The number of hydrogen-bond donors (Lipinski definition) is 1. The van der Waals surface area contributed by atoms with Crippen molar-refractivity contribution in [1.29, 1.82) is 0 Å². The zero-order chi connectivity index (χ0) is 11.7. The average Bonchev–Trinajstić information content (AvgIpc) is 2.63. The van der Waals surface area contributed by atoms with Crippen molar-refractivity contribution in [3.05, 3.63) is 34.5 Å². The Morgan fingerprint density at radius 1 is 1.38 bits per heavy atom. The topological polar surface area (TPSA) is 25.2 Å². The normalized spacial score (nSPS) is 13.2. The predicted octanol–water partition coefficient (Wildman–Crippen LogP) is 4.07. The Balaban J connectivity index is 2.55. The van der Waals surface area contributed by atoms with Crippen LogP contribution in [0.2, 0.25) is 5.02 Å². The minimum absolute atomic E-state index is 0.253. The molecule has 1 aromatic heterocycles. The zero-order valence-electron chi connectivity index (χ0n) is 9.80. The third-order valence-electron chi connectivity index (χ3n) is 2.83. The molecular weight excluding hydrogens is 222 g/mol. The molecule has 0 aliphatic carbocycles. The van der Waals surface area contributed by atoms with Gasteiger partial charge in [-0.1, -0.05) is 18.5 Å². The van der Waals surface area contributed by atoms with Crippen molar-refractivity contribution in [2.75, 3.05) is 7.05 Å². The number of halogens is 1.